The lowest BCUT2D eigenvalue weighted by Gasteiger charge is -2.22. The van der Waals surface area contributed by atoms with Gasteiger partial charge in [-0.3, -0.25) is 9.79 Å². The minimum atomic E-state index is 0.00927. The molecule has 2 N–H and O–H groups in total. The Kier molecular flexibility index (Phi) is 7.76. The molecule has 1 aliphatic rings. The fraction of sp³-hybridized carbons (Fsp3) is 0.600. The van der Waals surface area contributed by atoms with E-state index < -0.39 is 0 Å². The Balaban J connectivity index is 1.67. The zero-order chi connectivity index (χ0) is 18.1. The van der Waals surface area contributed by atoms with Crippen molar-refractivity contribution in [3.8, 4) is 0 Å². The number of hydrogen-bond acceptors (Lipinski definition) is 2. The smallest absolute Gasteiger partial charge is 0.239 e. The number of amides is 1. The highest BCUT2D eigenvalue weighted by molar-refractivity contribution is 5.86. The van der Waals surface area contributed by atoms with E-state index in [1.807, 2.05) is 18.2 Å². The standard InChI is InChI=1S/C20H32N4O/c1-16(2)13-18-10-12-24(15-18)20(21-3)23-14-19(25)22-11-9-17-7-5-4-6-8-17/h4-8,16,18H,9-15H2,1-3H3,(H,21,23)(H,22,25). The molecular formula is C20H32N4O. The lowest BCUT2D eigenvalue weighted by molar-refractivity contribution is -0.120. The van der Waals surface area contributed by atoms with Gasteiger partial charge in [0.1, 0.15) is 0 Å². The molecule has 5 heteroatoms. The van der Waals surface area contributed by atoms with Gasteiger partial charge in [0, 0.05) is 26.7 Å². The Morgan fingerprint density at radius 2 is 2.04 bits per heavy atom. The van der Waals surface area contributed by atoms with E-state index in [1.54, 1.807) is 7.05 Å². The van der Waals surface area contributed by atoms with Gasteiger partial charge in [0.2, 0.25) is 5.91 Å². The molecule has 1 amide bonds. The molecule has 1 fully saturated rings. The number of carbonyl (C=O) groups is 1. The van der Waals surface area contributed by atoms with Crippen molar-refractivity contribution in [3.05, 3.63) is 35.9 Å². The molecule has 1 atom stereocenters. The molecule has 0 saturated carbocycles. The summed E-state index contributed by atoms with van der Waals surface area (Å²) in [5.74, 6) is 2.31. The normalized spacial score (nSPS) is 17.8. The van der Waals surface area contributed by atoms with E-state index in [0.717, 1.165) is 37.3 Å². The number of nitrogens with zero attached hydrogens (tertiary/aromatic N) is 2. The first-order chi connectivity index (χ1) is 12.1. The van der Waals surface area contributed by atoms with Gasteiger partial charge >= 0.3 is 0 Å². The van der Waals surface area contributed by atoms with Gasteiger partial charge in [-0.1, -0.05) is 44.2 Å². The first kappa shape index (κ1) is 19.3. The predicted octanol–water partition coefficient (Wildman–Crippen LogP) is 2.29. The number of nitrogens with one attached hydrogen (secondary N) is 2. The number of benzene rings is 1. The molecule has 1 aromatic carbocycles. The van der Waals surface area contributed by atoms with E-state index in [-0.39, 0.29) is 12.5 Å². The summed E-state index contributed by atoms with van der Waals surface area (Å²) in [5, 5.41) is 6.16. The Morgan fingerprint density at radius 3 is 2.72 bits per heavy atom. The maximum atomic E-state index is 12.0. The van der Waals surface area contributed by atoms with Crippen LogP contribution in [0.25, 0.3) is 0 Å². The van der Waals surface area contributed by atoms with Gasteiger partial charge in [-0.15, -0.1) is 0 Å². The number of aliphatic imine (C=N–C) groups is 1. The Labute approximate surface area is 151 Å². The SMILES string of the molecule is CN=C(NCC(=O)NCCc1ccccc1)N1CCC(CC(C)C)C1. The van der Waals surface area contributed by atoms with E-state index in [2.05, 4.69) is 46.5 Å². The van der Waals surface area contributed by atoms with Crippen molar-refractivity contribution < 1.29 is 4.79 Å². The van der Waals surface area contributed by atoms with Crippen LogP contribution in [0.15, 0.2) is 35.3 Å². The topological polar surface area (TPSA) is 56.7 Å². The third-order valence-corrected chi connectivity index (χ3v) is 4.59. The highest BCUT2D eigenvalue weighted by atomic mass is 16.1. The van der Waals surface area contributed by atoms with Crippen molar-refractivity contribution in [3.63, 3.8) is 0 Å². The average Bonchev–Trinajstić information content (AvgIpc) is 3.04. The van der Waals surface area contributed by atoms with E-state index >= 15 is 0 Å². The van der Waals surface area contributed by atoms with Gasteiger partial charge in [-0.2, -0.15) is 0 Å². The fourth-order valence-corrected chi connectivity index (χ4v) is 3.43. The fourth-order valence-electron chi connectivity index (χ4n) is 3.43. The molecular weight excluding hydrogens is 312 g/mol. The molecule has 5 nitrogen and oxygen atoms in total. The molecule has 1 aromatic rings. The summed E-state index contributed by atoms with van der Waals surface area (Å²) in [7, 11) is 1.78. The molecule has 1 heterocycles. The van der Waals surface area contributed by atoms with Crippen molar-refractivity contribution in [2.75, 3.05) is 33.2 Å². The Hall–Kier alpha value is -2.04. The van der Waals surface area contributed by atoms with Gasteiger partial charge in [-0.25, -0.2) is 0 Å². The number of carbonyl (C=O) groups excluding carboxylic acids is 1. The summed E-state index contributed by atoms with van der Waals surface area (Å²) in [6.45, 7) is 7.53. The second kappa shape index (κ2) is 10.1. The first-order valence-electron chi connectivity index (χ1n) is 9.34. The van der Waals surface area contributed by atoms with Crippen molar-refractivity contribution >= 4 is 11.9 Å². The molecule has 0 aliphatic carbocycles. The van der Waals surface area contributed by atoms with Crippen LogP contribution >= 0.6 is 0 Å². The largest absolute Gasteiger partial charge is 0.354 e. The van der Waals surface area contributed by atoms with Crippen molar-refractivity contribution in [2.45, 2.75) is 33.1 Å². The highest BCUT2D eigenvalue weighted by Gasteiger charge is 2.25. The van der Waals surface area contributed by atoms with Crippen LogP contribution in [0.5, 0.6) is 0 Å². The minimum absolute atomic E-state index is 0.00927. The first-order valence-corrected chi connectivity index (χ1v) is 9.34. The molecule has 2 rings (SSSR count). The van der Waals surface area contributed by atoms with Crippen LogP contribution in [0.1, 0.15) is 32.3 Å². The van der Waals surface area contributed by atoms with Crippen molar-refractivity contribution in [1.29, 1.82) is 0 Å². The van der Waals surface area contributed by atoms with Crippen LogP contribution in [0, 0.1) is 11.8 Å². The molecule has 25 heavy (non-hydrogen) atoms. The van der Waals surface area contributed by atoms with E-state index in [0.29, 0.717) is 6.54 Å². The van der Waals surface area contributed by atoms with Gasteiger partial charge in [0.15, 0.2) is 5.96 Å². The molecule has 0 radical (unpaired) electrons. The molecule has 0 spiro atoms. The summed E-state index contributed by atoms with van der Waals surface area (Å²) in [6, 6.07) is 10.2. The Morgan fingerprint density at radius 1 is 1.28 bits per heavy atom. The highest BCUT2D eigenvalue weighted by Crippen LogP contribution is 2.23. The molecule has 1 saturated heterocycles. The quantitative estimate of drug-likeness (QED) is 0.589. The van der Waals surface area contributed by atoms with Gasteiger partial charge < -0.3 is 15.5 Å². The van der Waals surface area contributed by atoms with Gasteiger partial charge in [0.05, 0.1) is 6.54 Å². The molecule has 138 valence electrons. The summed E-state index contributed by atoms with van der Waals surface area (Å²) >= 11 is 0. The molecule has 0 aromatic heterocycles. The van der Waals surface area contributed by atoms with E-state index in [1.165, 1.54) is 18.4 Å². The monoisotopic (exact) mass is 344 g/mol. The maximum Gasteiger partial charge on any atom is 0.239 e. The number of hydrogen-bond donors (Lipinski definition) is 2. The van der Waals surface area contributed by atoms with E-state index in [9.17, 15) is 4.79 Å². The minimum Gasteiger partial charge on any atom is -0.354 e. The van der Waals surface area contributed by atoms with Gasteiger partial charge in [0.25, 0.3) is 0 Å². The van der Waals surface area contributed by atoms with Crippen LogP contribution in [0.2, 0.25) is 0 Å². The van der Waals surface area contributed by atoms with Crippen LogP contribution in [0.3, 0.4) is 0 Å². The van der Waals surface area contributed by atoms with Crippen LogP contribution in [0.4, 0.5) is 0 Å². The van der Waals surface area contributed by atoms with Crippen LogP contribution in [-0.4, -0.2) is 50.0 Å². The molecule has 1 aliphatic heterocycles. The lowest BCUT2D eigenvalue weighted by atomic mass is 9.97. The summed E-state index contributed by atoms with van der Waals surface area (Å²) in [5.41, 5.74) is 1.24. The zero-order valence-corrected chi connectivity index (χ0v) is 15.8. The predicted molar refractivity (Wildman–Crippen MR) is 104 cm³/mol. The van der Waals surface area contributed by atoms with E-state index in [4.69, 9.17) is 0 Å². The molecule has 0 bridgehead atoms. The van der Waals surface area contributed by atoms with Gasteiger partial charge in [-0.05, 0) is 36.7 Å². The summed E-state index contributed by atoms with van der Waals surface area (Å²) in [4.78, 5) is 18.6. The maximum absolute atomic E-state index is 12.0. The second-order valence-electron chi connectivity index (χ2n) is 7.22. The summed E-state index contributed by atoms with van der Waals surface area (Å²) < 4.78 is 0. The summed E-state index contributed by atoms with van der Waals surface area (Å²) in [6.07, 6.45) is 3.32. The lowest BCUT2D eigenvalue weighted by Crippen LogP contribution is -2.45. The second-order valence-corrected chi connectivity index (χ2v) is 7.22. The zero-order valence-electron chi connectivity index (χ0n) is 15.8. The number of guanidine groups is 1. The number of likely N-dealkylation sites (tertiary alicyclic amines) is 1. The van der Waals surface area contributed by atoms with Crippen molar-refractivity contribution in [1.82, 2.24) is 15.5 Å². The molecule has 1 unspecified atom stereocenters. The van der Waals surface area contributed by atoms with Crippen LogP contribution < -0.4 is 10.6 Å². The Bertz CT molecular complexity index is 556. The third-order valence-electron chi connectivity index (χ3n) is 4.59. The number of rotatable bonds is 7. The third kappa shape index (κ3) is 6.77. The van der Waals surface area contributed by atoms with Crippen LogP contribution in [-0.2, 0) is 11.2 Å². The average molecular weight is 345 g/mol. The van der Waals surface area contributed by atoms with Crippen molar-refractivity contribution in [2.24, 2.45) is 16.8 Å².